The van der Waals surface area contributed by atoms with Crippen molar-refractivity contribution in [3.63, 3.8) is 0 Å². The highest BCUT2D eigenvalue weighted by molar-refractivity contribution is 5.97. The van der Waals surface area contributed by atoms with Gasteiger partial charge in [-0.15, -0.1) is 0 Å². The van der Waals surface area contributed by atoms with Gasteiger partial charge in [0.2, 0.25) is 5.78 Å². The molecule has 7 nitrogen and oxygen atoms in total. The van der Waals surface area contributed by atoms with E-state index in [2.05, 4.69) is 9.97 Å². The van der Waals surface area contributed by atoms with Crippen LogP contribution in [0.3, 0.4) is 0 Å². The van der Waals surface area contributed by atoms with Gasteiger partial charge in [-0.2, -0.15) is 4.98 Å². The molecule has 0 bridgehead atoms. The van der Waals surface area contributed by atoms with E-state index in [4.69, 9.17) is 17.2 Å². The average molecular weight is 304 g/mol. The quantitative estimate of drug-likeness (QED) is 0.649. The van der Waals surface area contributed by atoms with Gasteiger partial charge in [-0.3, -0.25) is 9.20 Å². The summed E-state index contributed by atoms with van der Waals surface area (Å²) in [5, 5.41) is 0. The van der Waals surface area contributed by atoms with E-state index in [-0.39, 0.29) is 34.2 Å². The first-order chi connectivity index (χ1) is 10.4. The van der Waals surface area contributed by atoms with Crippen molar-refractivity contribution in [2.75, 3.05) is 11.5 Å². The lowest BCUT2D eigenvalue weighted by Crippen LogP contribution is -2.16. The molecule has 0 radical (unpaired) electrons. The van der Waals surface area contributed by atoms with Crippen molar-refractivity contribution < 1.29 is 13.6 Å². The summed E-state index contributed by atoms with van der Waals surface area (Å²) in [6.45, 7) is 0. The summed E-state index contributed by atoms with van der Waals surface area (Å²) in [5.74, 6) is -2.35. The molecule has 0 spiro atoms. The Morgan fingerprint density at radius 1 is 1.18 bits per heavy atom. The van der Waals surface area contributed by atoms with E-state index in [1.807, 2.05) is 0 Å². The Bertz CT molecular complexity index is 921. The van der Waals surface area contributed by atoms with Gasteiger partial charge in [-0.25, -0.2) is 13.8 Å². The molecule has 0 saturated heterocycles. The van der Waals surface area contributed by atoms with Crippen LogP contribution in [-0.2, 0) is 0 Å². The van der Waals surface area contributed by atoms with Crippen molar-refractivity contribution in [3.05, 3.63) is 41.6 Å². The molecule has 3 rings (SSSR count). The van der Waals surface area contributed by atoms with Crippen LogP contribution in [-0.4, -0.2) is 20.3 Å². The SMILES string of the molecule is NC(=O)c1cn2c(N)c(-c3ccc(F)cc3F)nc2nc1N. The Hall–Kier alpha value is -3.23. The Kier molecular flexibility index (Phi) is 2.91. The molecule has 2 heterocycles. The molecular formula is C13H10F2N6O. The van der Waals surface area contributed by atoms with Crippen LogP contribution in [0.1, 0.15) is 10.4 Å². The minimum Gasteiger partial charge on any atom is -0.383 e. The number of halogens is 2. The second-order valence-corrected chi connectivity index (χ2v) is 4.54. The van der Waals surface area contributed by atoms with Crippen LogP contribution in [0, 0.1) is 11.6 Å². The number of hydrogen-bond acceptors (Lipinski definition) is 5. The minimum absolute atomic E-state index is 0.00333. The molecule has 112 valence electrons. The maximum atomic E-state index is 13.9. The number of aromatic nitrogens is 3. The number of primary amides is 1. The van der Waals surface area contributed by atoms with Crippen molar-refractivity contribution in [2.45, 2.75) is 0 Å². The fourth-order valence-corrected chi connectivity index (χ4v) is 2.07. The number of carbonyl (C=O) groups is 1. The number of carbonyl (C=O) groups excluding carboxylic acids is 1. The number of nitrogens with zero attached hydrogens (tertiary/aromatic N) is 3. The van der Waals surface area contributed by atoms with E-state index < -0.39 is 17.5 Å². The third kappa shape index (κ3) is 1.99. The molecule has 2 aromatic heterocycles. The topological polar surface area (TPSA) is 125 Å². The first kappa shape index (κ1) is 13.7. The number of imidazole rings is 1. The van der Waals surface area contributed by atoms with Gasteiger partial charge in [-0.05, 0) is 12.1 Å². The second kappa shape index (κ2) is 4.65. The average Bonchev–Trinajstić information content (AvgIpc) is 2.74. The summed E-state index contributed by atoms with van der Waals surface area (Å²) in [6, 6.07) is 3.01. The van der Waals surface area contributed by atoms with Crippen LogP contribution in [0.4, 0.5) is 20.4 Å². The molecule has 0 fully saturated rings. The predicted molar refractivity (Wildman–Crippen MR) is 75.7 cm³/mol. The molecule has 9 heteroatoms. The molecule has 6 N–H and O–H groups in total. The lowest BCUT2D eigenvalue weighted by atomic mass is 10.1. The highest BCUT2D eigenvalue weighted by atomic mass is 19.1. The van der Waals surface area contributed by atoms with E-state index in [9.17, 15) is 13.6 Å². The van der Waals surface area contributed by atoms with Gasteiger partial charge in [0.1, 0.15) is 29.0 Å². The van der Waals surface area contributed by atoms with Crippen molar-refractivity contribution in [3.8, 4) is 11.3 Å². The van der Waals surface area contributed by atoms with Gasteiger partial charge in [0.15, 0.2) is 0 Å². The van der Waals surface area contributed by atoms with Gasteiger partial charge in [0, 0.05) is 17.8 Å². The molecule has 0 saturated carbocycles. The first-order valence-corrected chi connectivity index (χ1v) is 6.07. The number of nitrogen functional groups attached to an aromatic ring is 2. The summed E-state index contributed by atoms with van der Waals surface area (Å²) in [7, 11) is 0. The molecule has 0 aliphatic carbocycles. The molecule has 1 amide bonds. The lowest BCUT2D eigenvalue weighted by Gasteiger charge is -2.03. The lowest BCUT2D eigenvalue weighted by molar-refractivity contribution is 0.100. The zero-order valence-electron chi connectivity index (χ0n) is 11.0. The highest BCUT2D eigenvalue weighted by Gasteiger charge is 2.18. The van der Waals surface area contributed by atoms with Crippen LogP contribution >= 0.6 is 0 Å². The van der Waals surface area contributed by atoms with E-state index in [0.29, 0.717) is 0 Å². The van der Waals surface area contributed by atoms with Crippen LogP contribution in [0.15, 0.2) is 24.4 Å². The Balaban J connectivity index is 2.28. The van der Waals surface area contributed by atoms with Gasteiger partial charge in [0.25, 0.3) is 5.91 Å². The molecule has 1 aromatic carbocycles. The van der Waals surface area contributed by atoms with Gasteiger partial charge < -0.3 is 17.2 Å². The van der Waals surface area contributed by atoms with Gasteiger partial charge in [0.05, 0.1) is 5.56 Å². The van der Waals surface area contributed by atoms with E-state index in [1.165, 1.54) is 16.7 Å². The monoisotopic (exact) mass is 304 g/mol. The largest absolute Gasteiger partial charge is 0.383 e. The number of rotatable bonds is 2. The second-order valence-electron chi connectivity index (χ2n) is 4.54. The summed E-state index contributed by atoms with van der Waals surface area (Å²) in [5.41, 5.74) is 16.7. The summed E-state index contributed by atoms with van der Waals surface area (Å²) in [6.07, 6.45) is 1.27. The maximum Gasteiger partial charge on any atom is 0.253 e. The number of anilines is 2. The molecule has 0 aliphatic rings. The van der Waals surface area contributed by atoms with Crippen LogP contribution in [0.5, 0.6) is 0 Å². The smallest absolute Gasteiger partial charge is 0.253 e. The number of benzene rings is 1. The summed E-state index contributed by atoms with van der Waals surface area (Å²) < 4.78 is 28.1. The van der Waals surface area contributed by atoms with E-state index in [1.54, 1.807) is 0 Å². The van der Waals surface area contributed by atoms with Crippen molar-refractivity contribution in [1.29, 1.82) is 0 Å². The van der Waals surface area contributed by atoms with E-state index in [0.717, 1.165) is 12.1 Å². The third-order valence-electron chi connectivity index (χ3n) is 3.14. The molecule has 3 aromatic rings. The normalized spacial score (nSPS) is 11.0. The molecular weight excluding hydrogens is 294 g/mol. The van der Waals surface area contributed by atoms with Gasteiger partial charge >= 0.3 is 0 Å². The van der Waals surface area contributed by atoms with Crippen molar-refractivity contribution >= 4 is 23.3 Å². The number of amides is 1. The van der Waals surface area contributed by atoms with Crippen LogP contribution in [0.25, 0.3) is 17.0 Å². The number of fused-ring (bicyclic) bond motifs is 1. The third-order valence-corrected chi connectivity index (χ3v) is 3.14. The fraction of sp³-hybridized carbons (Fsp3) is 0. The molecule has 0 aliphatic heterocycles. The number of hydrogen-bond donors (Lipinski definition) is 3. The highest BCUT2D eigenvalue weighted by Crippen LogP contribution is 2.29. The molecule has 22 heavy (non-hydrogen) atoms. The Morgan fingerprint density at radius 3 is 2.55 bits per heavy atom. The van der Waals surface area contributed by atoms with Gasteiger partial charge in [-0.1, -0.05) is 0 Å². The predicted octanol–water partition coefficient (Wildman–Crippen LogP) is 0.938. The van der Waals surface area contributed by atoms with Crippen LogP contribution in [0.2, 0.25) is 0 Å². The minimum atomic E-state index is -0.821. The Labute approximate surface area is 122 Å². The zero-order chi connectivity index (χ0) is 16.0. The Morgan fingerprint density at radius 2 is 1.91 bits per heavy atom. The van der Waals surface area contributed by atoms with E-state index >= 15 is 0 Å². The first-order valence-electron chi connectivity index (χ1n) is 6.07. The van der Waals surface area contributed by atoms with Crippen molar-refractivity contribution in [2.24, 2.45) is 5.73 Å². The molecule has 0 atom stereocenters. The standard InChI is InChI=1S/C13H10F2N6O/c14-5-1-2-6(8(15)3-5)9-11(17)21-4-7(12(18)22)10(16)20-13(21)19-9/h1-4H,17H2,(H2,18,22)(H2,16,19,20). The number of nitrogens with two attached hydrogens (primary N) is 3. The van der Waals surface area contributed by atoms with Crippen LogP contribution < -0.4 is 17.2 Å². The summed E-state index contributed by atoms with van der Waals surface area (Å²) in [4.78, 5) is 19.2. The zero-order valence-corrected chi connectivity index (χ0v) is 11.0. The van der Waals surface area contributed by atoms with Crippen molar-refractivity contribution in [1.82, 2.24) is 14.4 Å². The molecule has 0 unspecified atom stereocenters. The fourth-order valence-electron chi connectivity index (χ4n) is 2.07. The summed E-state index contributed by atoms with van der Waals surface area (Å²) >= 11 is 0. The maximum absolute atomic E-state index is 13.9.